The average Bonchev–Trinajstić information content (AvgIpc) is 2.48. The number of carbonyl (C=O) groups is 2. The van der Waals surface area contributed by atoms with Gasteiger partial charge in [0.15, 0.2) is 0 Å². The van der Waals surface area contributed by atoms with Gasteiger partial charge in [-0.15, -0.1) is 0 Å². The van der Waals surface area contributed by atoms with Gasteiger partial charge < -0.3 is 0 Å². The van der Waals surface area contributed by atoms with Gasteiger partial charge in [0, 0.05) is 11.8 Å². The number of ketones is 2. The van der Waals surface area contributed by atoms with Crippen molar-refractivity contribution in [2.45, 2.75) is 25.7 Å². The van der Waals surface area contributed by atoms with Crippen LogP contribution in [0.5, 0.6) is 0 Å². The zero-order valence-electron chi connectivity index (χ0n) is 13.0. The van der Waals surface area contributed by atoms with Gasteiger partial charge in [0.2, 0.25) is 0 Å². The fraction of sp³-hybridized carbons (Fsp3) is 0.857. The number of fused-ring (bicyclic) bond motifs is 6. The Morgan fingerprint density at radius 3 is 1.13 bits per heavy atom. The van der Waals surface area contributed by atoms with E-state index >= 15 is 0 Å². The maximum absolute atomic E-state index is 11.0. The zero-order valence-corrected chi connectivity index (χ0v) is 13.7. The lowest BCUT2D eigenvalue weighted by atomic mass is 9.87. The van der Waals surface area contributed by atoms with Crippen molar-refractivity contribution in [3.8, 4) is 0 Å². The van der Waals surface area contributed by atoms with Crippen LogP contribution < -0.4 is 14.0 Å². The van der Waals surface area contributed by atoms with Crippen molar-refractivity contribution in [3.63, 3.8) is 0 Å². The molecule has 0 aliphatic carbocycles. The van der Waals surface area contributed by atoms with Crippen molar-refractivity contribution in [1.82, 2.24) is 9.80 Å². The van der Waals surface area contributed by atoms with Gasteiger partial charge in [-0.3, -0.25) is 19.4 Å². The Morgan fingerprint density at radius 2 is 1.04 bits per heavy atom. The molecule has 8 nitrogen and oxygen atoms in total. The smallest absolute Gasteiger partial charge is 0.149 e. The van der Waals surface area contributed by atoms with Crippen LogP contribution in [0, 0.1) is 22.1 Å². The molecule has 0 amide bonds. The summed E-state index contributed by atoms with van der Waals surface area (Å²) in [5.41, 5.74) is 0. The lowest BCUT2D eigenvalue weighted by Gasteiger charge is -2.37. The summed E-state index contributed by atoms with van der Waals surface area (Å²) in [7, 11) is -4.69. The molecule has 0 spiro atoms. The van der Waals surface area contributed by atoms with E-state index in [-0.39, 0.29) is 0 Å². The minimum absolute atomic E-state index is 0.440. The first-order chi connectivity index (χ1) is 10.7. The standard InChI is InChI=1S/2C7H11NO.ClHO4/c2*9-7-5-8-3-1-6(7)2-4-8;2-1(3,4)5/h2*6H,1-5H2;(H,2,3,4,5). The van der Waals surface area contributed by atoms with Crippen molar-refractivity contribution in [2.24, 2.45) is 11.8 Å². The molecule has 132 valence electrons. The first-order valence-corrected chi connectivity index (χ1v) is 9.12. The van der Waals surface area contributed by atoms with Gasteiger partial charge >= 0.3 is 0 Å². The maximum atomic E-state index is 11.0. The molecule has 6 aliphatic heterocycles. The quantitative estimate of drug-likeness (QED) is 0.475. The third kappa shape index (κ3) is 6.42. The summed E-state index contributed by atoms with van der Waals surface area (Å²) in [5.74, 6) is 1.84. The Hall–Kier alpha value is -0.610. The van der Waals surface area contributed by atoms with E-state index in [9.17, 15) is 9.59 Å². The fourth-order valence-electron chi connectivity index (χ4n) is 3.53. The van der Waals surface area contributed by atoms with Crippen molar-refractivity contribution >= 4 is 11.6 Å². The highest BCUT2D eigenvalue weighted by atomic mass is 35.7. The molecular formula is C14H23ClN2O6. The second kappa shape index (κ2) is 7.98. The number of hydrogen-bond donors (Lipinski definition) is 1. The first-order valence-electron chi connectivity index (χ1n) is 7.86. The molecular weight excluding hydrogens is 328 g/mol. The van der Waals surface area contributed by atoms with Gasteiger partial charge in [-0.25, -0.2) is 0 Å². The number of Topliss-reactive ketones (excluding diaryl/α,β-unsaturated/α-hetero) is 2. The predicted molar refractivity (Wildman–Crippen MR) is 70.6 cm³/mol. The van der Waals surface area contributed by atoms with Crippen LogP contribution in [-0.2, 0) is 9.59 Å². The molecule has 6 heterocycles. The van der Waals surface area contributed by atoms with Crippen LogP contribution in [-0.4, -0.2) is 65.3 Å². The number of carbonyl (C=O) groups excluding carboxylic acids is 2. The molecule has 0 radical (unpaired) electrons. The predicted octanol–water partition coefficient (Wildman–Crippen LogP) is -3.56. The summed E-state index contributed by atoms with van der Waals surface area (Å²) in [4.78, 5) is 26.5. The van der Waals surface area contributed by atoms with E-state index in [0.29, 0.717) is 23.4 Å². The van der Waals surface area contributed by atoms with Crippen LogP contribution in [0.1, 0.15) is 25.7 Å². The lowest BCUT2D eigenvalue weighted by molar-refractivity contribution is -1.92. The molecule has 0 aromatic carbocycles. The van der Waals surface area contributed by atoms with Gasteiger partial charge in [-0.1, -0.05) is 0 Å². The van der Waals surface area contributed by atoms with Crippen molar-refractivity contribution in [3.05, 3.63) is 0 Å². The van der Waals surface area contributed by atoms with Crippen molar-refractivity contribution in [2.75, 3.05) is 39.3 Å². The largest absolute Gasteiger partial charge is 0.298 e. The monoisotopic (exact) mass is 350 g/mol. The average molecular weight is 351 g/mol. The molecule has 0 aromatic heterocycles. The van der Waals surface area contributed by atoms with Gasteiger partial charge in [0.05, 0.1) is 28.0 Å². The number of piperidine rings is 6. The van der Waals surface area contributed by atoms with Crippen molar-refractivity contribution in [1.29, 1.82) is 0 Å². The number of rotatable bonds is 0. The molecule has 23 heavy (non-hydrogen) atoms. The molecule has 6 aliphatic rings. The van der Waals surface area contributed by atoms with Gasteiger partial charge in [0.25, 0.3) is 0 Å². The molecule has 0 saturated carbocycles. The van der Waals surface area contributed by atoms with Crippen molar-refractivity contribution < 1.29 is 38.5 Å². The molecule has 0 unspecified atom stereocenters. The first kappa shape index (κ1) is 18.7. The molecule has 1 N–H and O–H groups in total. The minimum Gasteiger partial charge on any atom is -0.298 e. The summed E-state index contributed by atoms with van der Waals surface area (Å²) in [5, 5.41) is 0. The van der Waals surface area contributed by atoms with E-state index in [1.54, 1.807) is 0 Å². The zero-order chi connectivity index (χ0) is 17.0. The van der Waals surface area contributed by atoms with Crippen LogP contribution >= 0.6 is 0 Å². The molecule has 4 bridgehead atoms. The Bertz CT molecular complexity index is 385. The summed E-state index contributed by atoms with van der Waals surface area (Å²) in [6.07, 6.45) is 4.50. The molecule has 0 aromatic rings. The lowest BCUT2D eigenvalue weighted by Crippen LogP contribution is -2.58. The Balaban J connectivity index is 0.000000132. The number of halogens is 1. The molecule has 0 atom stereocenters. The van der Waals surface area contributed by atoms with Gasteiger partial charge in [-0.2, -0.15) is 14.0 Å². The van der Waals surface area contributed by atoms with Gasteiger partial charge in [0.1, 0.15) is 11.6 Å². The van der Waals surface area contributed by atoms with E-state index in [1.807, 2.05) is 0 Å². The SMILES string of the molecule is O=C1CN2CCC1CC2.O=C1CN2CCC1CC2.[O-][Cl+3]([O-])([O-])O. The Morgan fingerprint density at radius 1 is 0.783 bits per heavy atom. The van der Waals surface area contributed by atoms with Crippen LogP contribution in [0.3, 0.4) is 0 Å². The summed E-state index contributed by atoms with van der Waals surface area (Å²) in [6, 6.07) is 0. The highest BCUT2D eigenvalue weighted by Gasteiger charge is 2.32. The highest BCUT2D eigenvalue weighted by Crippen LogP contribution is 2.24. The van der Waals surface area contributed by atoms with Crippen LogP contribution in [0.4, 0.5) is 0 Å². The molecule has 9 heteroatoms. The molecule has 6 saturated heterocycles. The molecule has 6 rings (SSSR count). The highest BCUT2D eigenvalue weighted by molar-refractivity contribution is 5.84. The van der Waals surface area contributed by atoms with E-state index in [0.717, 1.165) is 65.0 Å². The Kier molecular flexibility index (Phi) is 6.49. The fourth-order valence-corrected chi connectivity index (χ4v) is 3.53. The second-order valence-electron chi connectivity index (χ2n) is 6.43. The summed E-state index contributed by atoms with van der Waals surface area (Å²) < 4.78 is 32.7. The molecule has 6 fully saturated rings. The van der Waals surface area contributed by atoms with E-state index in [2.05, 4.69) is 9.80 Å². The third-order valence-electron chi connectivity index (χ3n) is 4.84. The van der Waals surface area contributed by atoms with Crippen LogP contribution in [0.25, 0.3) is 0 Å². The van der Waals surface area contributed by atoms with Crippen LogP contribution in [0.2, 0.25) is 0 Å². The maximum Gasteiger partial charge on any atom is 0.149 e. The van der Waals surface area contributed by atoms with E-state index < -0.39 is 10.2 Å². The number of nitrogens with zero attached hydrogens (tertiary/aromatic N) is 2. The second-order valence-corrected chi connectivity index (χ2v) is 7.22. The topological polar surface area (TPSA) is 130 Å². The Labute approximate surface area is 137 Å². The third-order valence-corrected chi connectivity index (χ3v) is 4.84. The summed E-state index contributed by atoms with van der Waals surface area (Å²) in [6.45, 7) is 6.13. The van der Waals surface area contributed by atoms with E-state index in [1.165, 1.54) is 0 Å². The minimum atomic E-state index is -4.69. The summed E-state index contributed by atoms with van der Waals surface area (Å²) >= 11 is 0. The van der Waals surface area contributed by atoms with E-state index in [4.69, 9.17) is 18.6 Å². The van der Waals surface area contributed by atoms with Gasteiger partial charge in [-0.05, 0) is 51.9 Å². The van der Waals surface area contributed by atoms with Crippen LogP contribution in [0.15, 0.2) is 0 Å². The normalized spacial score (nSPS) is 35.1. The number of hydrogen-bond acceptors (Lipinski definition) is 8.